The molecule has 3 aromatic rings. The van der Waals surface area contributed by atoms with Crippen molar-refractivity contribution in [2.24, 2.45) is 0 Å². The van der Waals surface area contributed by atoms with Crippen LogP contribution in [0.25, 0.3) is 11.0 Å². The second kappa shape index (κ2) is 8.54. The molecule has 0 aliphatic carbocycles. The summed E-state index contributed by atoms with van der Waals surface area (Å²) >= 11 is 0. The molecule has 4 rings (SSSR count). The maximum Gasteiger partial charge on any atom is 0.374 e. The van der Waals surface area contributed by atoms with Crippen LogP contribution in [0.1, 0.15) is 23.0 Å². The predicted molar refractivity (Wildman–Crippen MR) is 112 cm³/mol. The number of hydrogen-bond donors (Lipinski definition) is 1. The highest BCUT2D eigenvalue weighted by Crippen LogP contribution is 2.26. The molecule has 1 aliphatic rings. The fourth-order valence-electron chi connectivity index (χ4n) is 3.93. The molecule has 0 amide bonds. The van der Waals surface area contributed by atoms with E-state index in [0.717, 1.165) is 42.8 Å². The number of quaternary nitrogens is 1. The molecule has 2 heterocycles. The van der Waals surface area contributed by atoms with Crippen LogP contribution in [0.4, 0.5) is 11.4 Å². The number of piperazine rings is 1. The van der Waals surface area contributed by atoms with E-state index < -0.39 is 5.97 Å². The van der Waals surface area contributed by atoms with Crippen LogP contribution in [-0.2, 0) is 11.3 Å². The van der Waals surface area contributed by atoms with E-state index in [1.807, 2.05) is 24.3 Å². The van der Waals surface area contributed by atoms with E-state index in [1.54, 1.807) is 19.1 Å². The van der Waals surface area contributed by atoms with Gasteiger partial charge in [0.1, 0.15) is 12.1 Å². The van der Waals surface area contributed by atoms with Gasteiger partial charge in [-0.25, -0.2) is 4.79 Å². The van der Waals surface area contributed by atoms with Gasteiger partial charge < -0.3 is 19.0 Å². The molecular formula is C22H24N3O5+. The number of esters is 1. The van der Waals surface area contributed by atoms with E-state index >= 15 is 0 Å². The van der Waals surface area contributed by atoms with Gasteiger partial charge in [-0.2, -0.15) is 0 Å². The lowest BCUT2D eigenvalue weighted by atomic mass is 10.1. The average Bonchev–Trinajstić information content (AvgIpc) is 3.13. The first-order chi connectivity index (χ1) is 14.6. The standard InChI is InChI=1S/C22H23N3O5/c1-2-29-22(26)21-19(18-5-3-4-6-20(18)30-21)15-23-11-13-24(14-12-23)16-7-9-17(10-8-16)25(27)28/h3-10H,2,11-15H2,1H3/p+1. The molecule has 30 heavy (non-hydrogen) atoms. The maximum absolute atomic E-state index is 12.4. The third kappa shape index (κ3) is 3.99. The van der Waals surface area contributed by atoms with Crippen molar-refractivity contribution >= 4 is 28.3 Å². The van der Waals surface area contributed by atoms with Gasteiger partial charge in [0, 0.05) is 23.2 Å². The molecule has 0 radical (unpaired) electrons. The first-order valence-electron chi connectivity index (χ1n) is 10.1. The lowest BCUT2D eigenvalue weighted by molar-refractivity contribution is -0.914. The largest absolute Gasteiger partial charge is 0.460 e. The number of nitro benzene ring substituents is 1. The molecule has 1 saturated heterocycles. The molecule has 0 atom stereocenters. The second-order valence-electron chi connectivity index (χ2n) is 7.31. The summed E-state index contributed by atoms with van der Waals surface area (Å²) < 4.78 is 11.0. The summed E-state index contributed by atoms with van der Waals surface area (Å²) in [4.78, 5) is 26.4. The second-order valence-corrected chi connectivity index (χ2v) is 7.31. The Morgan fingerprint density at radius 1 is 1.17 bits per heavy atom. The summed E-state index contributed by atoms with van der Waals surface area (Å²) in [6, 6.07) is 14.3. The molecule has 0 spiro atoms. The van der Waals surface area contributed by atoms with Crippen LogP contribution in [0.15, 0.2) is 52.9 Å². The first kappa shape index (κ1) is 19.9. The number of benzene rings is 2. The summed E-state index contributed by atoms with van der Waals surface area (Å²) in [6.07, 6.45) is 0. The minimum Gasteiger partial charge on any atom is -0.460 e. The van der Waals surface area contributed by atoms with Crippen molar-refractivity contribution in [3.63, 3.8) is 0 Å². The molecule has 1 aromatic heterocycles. The minimum absolute atomic E-state index is 0.0985. The van der Waals surface area contributed by atoms with Crippen LogP contribution >= 0.6 is 0 Å². The highest BCUT2D eigenvalue weighted by molar-refractivity contribution is 5.96. The Morgan fingerprint density at radius 3 is 2.53 bits per heavy atom. The van der Waals surface area contributed by atoms with Gasteiger partial charge in [0.15, 0.2) is 0 Å². The lowest BCUT2D eigenvalue weighted by Crippen LogP contribution is -3.13. The molecule has 8 heteroatoms. The van der Waals surface area contributed by atoms with E-state index in [1.165, 1.54) is 17.0 Å². The number of hydrogen-bond acceptors (Lipinski definition) is 6. The zero-order valence-electron chi connectivity index (χ0n) is 16.8. The van der Waals surface area contributed by atoms with Crippen LogP contribution in [0.2, 0.25) is 0 Å². The van der Waals surface area contributed by atoms with Crippen LogP contribution in [-0.4, -0.2) is 43.7 Å². The van der Waals surface area contributed by atoms with Gasteiger partial charge >= 0.3 is 5.97 Å². The van der Waals surface area contributed by atoms with Gasteiger partial charge in [0.05, 0.1) is 43.3 Å². The number of carbonyl (C=O) groups is 1. The van der Waals surface area contributed by atoms with Crippen molar-refractivity contribution in [2.75, 3.05) is 37.7 Å². The fourth-order valence-corrected chi connectivity index (χ4v) is 3.93. The highest BCUT2D eigenvalue weighted by atomic mass is 16.6. The van der Waals surface area contributed by atoms with Crippen molar-refractivity contribution < 1.29 is 23.8 Å². The van der Waals surface area contributed by atoms with Gasteiger partial charge in [-0.05, 0) is 25.1 Å². The molecular weight excluding hydrogens is 386 g/mol. The van der Waals surface area contributed by atoms with Crippen molar-refractivity contribution in [1.29, 1.82) is 0 Å². The number of nitrogens with zero attached hydrogens (tertiary/aromatic N) is 2. The van der Waals surface area contributed by atoms with Crippen LogP contribution in [0.3, 0.4) is 0 Å². The Labute approximate surface area is 173 Å². The molecule has 0 unspecified atom stereocenters. The summed E-state index contributed by atoms with van der Waals surface area (Å²) in [5.74, 6) is -0.129. The number of furan rings is 1. The minimum atomic E-state index is -0.424. The lowest BCUT2D eigenvalue weighted by Gasteiger charge is -2.33. The number of ether oxygens (including phenoxy) is 1. The van der Waals surface area contributed by atoms with Crippen molar-refractivity contribution in [3.8, 4) is 0 Å². The summed E-state index contributed by atoms with van der Waals surface area (Å²) in [6.45, 7) is 6.20. The number of nitrogens with one attached hydrogen (secondary N) is 1. The number of fused-ring (bicyclic) bond motifs is 1. The smallest absolute Gasteiger partial charge is 0.374 e. The highest BCUT2D eigenvalue weighted by Gasteiger charge is 2.27. The van der Waals surface area contributed by atoms with Crippen LogP contribution in [0, 0.1) is 10.1 Å². The van der Waals surface area contributed by atoms with E-state index in [4.69, 9.17) is 9.15 Å². The maximum atomic E-state index is 12.4. The predicted octanol–water partition coefficient (Wildman–Crippen LogP) is 2.42. The third-order valence-electron chi connectivity index (χ3n) is 5.48. The number of para-hydroxylation sites is 1. The Balaban J connectivity index is 1.47. The van der Waals surface area contributed by atoms with Crippen molar-refractivity contribution in [2.45, 2.75) is 13.5 Å². The number of anilines is 1. The fraction of sp³-hybridized carbons (Fsp3) is 0.318. The molecule has 8 nitrogen and oxygen atoms in total. The molecule has 0 saturated carbocycles. The van der Waals surface area contributed by atoms with Crippen molar-refractivity contribution in [3.05, 3.63) is 70.0 Å². The molecule has 156 valence electrons. The van der Waals surface area contributed by atoms with Crippen LogP contribution in [0.5, 0.6) is 0 Å². The van der Waals surface area contributed by atoms with Crippen molar-refractivity contribution in [1.82, 2.24) is 0 Å². The molecule has 2 aromatic carbocycles. The van der Waals surface area contributed by atoms with Gasteiger partial charge in [0.25, 0.3) is 5.69 Å². The Bertz CT molecular complexity index is 1050. The molecule has 1 aliphatic heterocycles. The van der Waals surface area contributed by atoms with Gasteiger partial charge in [-0.3, -0.25) is 10.1 Å². The zero-order chi connectivity index (χ0) is 21.1. The van der Waals surface area contributed by atoms with Gasteiger partial charge in [-0.1, -0.05) is 18.2 Å². The number of nitro groups is 1. The summed E-state index contributed by atoms with van der Waals surface area (Å²) in [5.41, 5.74) is 2.67. The molecule has 1 fully saturated rings. The summed E-state index contributed by atoms with van der Waals surface area (Å²) in [5, 5.41) is 11.8. The Hall–Kier alpha value is -3.39. The first-order valence-corrected chi connectivity index (χ1v) is 10.1. The number of carbonyl (C=O) groups excluding carboxylic acids is 1. The third-order valence-corrected chi connectivity index (χ3v) is 5.48. The normalized spacial score (nSPS) is 14.8. The van der Waals surface area contributed by atoms with Crippen LogP contribution < -0.4 is 9.80 Å². The summed E-state index contributed by atoms with van der Waals surface area (Å²) in [7, 11) is 0. The van der Waals surface area contributed by atoms with Gasteiger partial charge in [-0.15, -0.1) is 0 Å². The molecule has 1 N–H and O–H groups in total. The number of non-ortho nitro benzene ring substituents is 1. The zero-order valence-corrected chi connectivity index (χ0v) is 16.8. The van der Waals surface area contributed by atoms with E-state index in [2.05, 4.69) is 4.90 Å². The van der Waals surface area contributed by atoms with E-state index in [9.17, 15) is 14.9 Å². The van der Waals surface area contributed by atoms with E-state index in [0.29, 0.717) is 24.5 Å². The Kier molecular flexibility index (Phi) is 5.67. The quantitative estimate of drug-likeness (QED) is 0.381. The van der Waals surface area contributed by atoms with Gasteiger partial charge in [0.2, 0.25) is 5.76 Å². The topological polar surface area (TPSA) is 90.3 Å². The molecule has 0 bridgehead atoms. The SMILES string of the molecule is CCOC(=O)c1oc2ccccc2c1C[NH+]1CCN(c2ccc([N+](=O)[O-])cc2)CC1. The number of rotatable bonds is 6. The van der Waals surface area contributed by atoms with E-state index in [-0.39, 0.29) is 10.6 Å². The monoisotopic (exact) mass is 410 g/mol. The average molecular weight is 410 g/mol. The Morgan fingerprint density at radius 2 is 1.87 bits per heavy atom.